The number of ether oxygens (including phenoxy) is 5. The molecule has 5 heterocycles. The van der Waals surface area contributed by atoms with Crippen LogP contribution in [0.25, 0.3) is 11.3 Å². The summed E-state index contributed by atoms with van der Waals surface area (Å²) in [5.41, 5.74) is -4.28. The van der Waals surface area contributed by atoms with Crippen molar-refractivity contribution in [3.63, 3.8) is 0 Å². The number of aryl methyl sites for hydroxylation is 1. The number of imidazole rings is 1. The van der Waals surface area contributed by atoms with Gasteiger partial charge in [-0.3, -0.25) is 19.4 Å². The number of unbranched alkanes of at least 4 members (excludes halogenated alkanes) is 1. The molecule has 0 aromatic carbocycles. The Hall–Kier alpha value is -4.32. The van der Waals surface area contributed by atoms with Crippen molar-refractivity contribution in [1.29, 1.82) is 0 Å². The van der Waals surface area contributed by atoms with Crippen molar-refractivity contribution in [2.24, 2.45) is 17.8 Å². The molecule has 3 aliphatic heterocycles. The number of rotatable bonds is 12. The first-order valence-corrected chi connectivity index (χ1v) is 22.2. The minimum atomic E-state index is -3.18. The summed E-state index contributed by atoms with van der Waals surface area (Å²) < 4.78 is 50.1. The molecule has 2 aromatic rings. The van der Waals surface area contributed by atoms with Crippen molar-refractivity contribution in [2.45, 2.75) is 161 Å². The average Bonchev–Trinajstić information content (AvgIpc) is 3.79. The van der Waals surface area contributed by atoms with Gasteiger partial charge in [0, 0.05) is 76.1 Å². The number of nitrogens with zero attached hydrogens (tertiary/aromatic N) is 6. The molecule has 0 spiro atoms. The second-order valence-corrected chi connectivity index (χ2v) is 18.6. The van der Waals surface area contributed by atoms with Gasteiger partial charge in [-0.2, -0.15) is 0 Å². The maximum atomic E-state index is 17.2. The van der Waals surface area contributed by atoms with Gasteiger partial charge in [-0.1, -0.05) is 27.7 Å². The van der Waals surface area contributed by atoms with E-state index < -0.39 is 82.9 Å². The fraction of sp³-hybridized carbons (Fsp3) is 0.717. The fourth-order valence-electron chi connectivity index (χ4n) is 10.2. The lowest BCUT2D eigenvalue weighted by molar-refractivity contribution is -0.298. The number of carbonyl (C=O) groups is 5. The predicted molar refractivity (Wildman–Crippen MR) is 231 cm³/mol. The van der Waals surface area contributed by atoms with Crippen LogP contribution in [-0.4, -0.2) is 153 Å². The van der Waals surface area contributed by atoms with E-state index in [-0.39, 0.29) is 43.3 Å². The van der Waals surface area contributed by atoms with Crippen LogP contribution < -0.4 is 0 Å². The number of ketones is 2. The Balaban J connectivity index is 1.51. The van der Waals surface area contributed by atoms with Gasteiger partial charge in [0.25, 0.3) is 5.67 Å². The SMILES string of the molecule is CC[C@@H]1OC(=O)[C@@](C)(F)C(=O)[C@H](C)[C@@H](O[C@@H]2O[C@H](C)C[C@H](N(C)C)[C@H]2OC(C)=O)[C@](C)(OC)C[C@@H](C)C(=O)[C@@H](C)[C@H]2N(CCCCn3cnc(-c4cccnc4)c3)C(=O)N(C)[C@]12C. The third-order valence-electron chi connectivity index (χ3n) is 13.9. The van der Waals surface area contributed by atoms with E-state index in [0.29, 0.717) is 25.8 Å². The van der Waals surface area contributed by atoms with Crippen LogP contribution in [0.15, 0.2) is 37.1 Å². The topological polar surface area (TPSA) is 172 Å². The second-order valence-electron chi connectivity index (χ2n) is 18.6. The van der Waals surface area contributed by atoms with Gasteiger partial charge in [0.1, 0.15) is 11.9 Å². The summed E-state index contributed by atoms with van der Waals surface area (Å²) in [6.45, 7) is 15.1. The second kappa shape index (κ2) is 19.8. The Morgan fingerprint density at radius 3 is 2.33 bits per heavy atom. The van der Waals surface area contributed by atoms with Gasteiger partial charge in [-0.05, 0) is 86.0 Å². The van der Waals surface area contributed by atoms with Crippen LogP contribution in [0.2, 0.25) is 0 Å². The number of hydrogen-bond donors (Lipinski definition) is 0. The molecule has 16 nitrogen and oxygen atoms in total. The number of halogens is 1. The van der Waals surface area contributed by atoms with Crippen molar-refractivity contribution in [3.8, 4) is 11.3 Å². The molecule has 0 saturated carbocycles. The number of likely N-dealkylation sites (N-methyl/N-ethyl adjacent to an activating group) is 2. The van der Waals surface area contributed by atoms with Crippen molar-refractivity contribution in [1.82, 2.24) is 29.2 Å². The normalized spacial score (nSPS) is 36.0. The molecule has 3 fully saturated rings. The van der Waals surface area contributed by atoms with Crippen molar-refractivity contribution in [2.75, 3.05) is 34.8 Å². The molecular formula is C46H69FN6O10. The van der Waals surface area contributed by atoms with Gasteiger partial charge in [0.15, 0.2) is 18.2 Å². The molecule has 13 atom stereocenters. The standard InChI is InChI=1S/C46H69FN6O10/c1-14-35-46(9)38(53(43(58)51(46)12)21-16-15-20-52-25-33(49-26-52)32-18-17-19-48-24-32)29(4)36(55)27(2)23-44(7,59-13)40(30(5)39(56)45(8,47)42(57)62-35)63-41-37(61-31(6)54)34(50(10)11)22-28(3)60-41/h17-19,24-30,34-35,37-38,40-41H,14-16,20-23H2,1-13H3/t27-,28-,29-,30+,34+,35+,37-,38-,40-,41+,44-,45+,46-/m1/s1. The molecule has 17 heteroatoms. The highest BCUT2D eigenvalue weighted by Gasteiger charge is 2.62. The number of hydrogen-bond acceptors (Lipinski definition) is 13. The van der Waals surface area contributed by atoms with E-state index in [4.69, 9.17) is 23.7 Å². The van der Waals surface area contributed by atoms with Crippen LogP contribution in [-0.2, 0) is 49.4 Å². The zero-order chi connectivity index (χ0) is 46.8. The number of amides is 2. The summed E-state index contributed by atoms with van der Waals surface area (Å²) >= 11 is 0. The van der Waals surface area contributed by atoms with Crippen LogP contribution in [0.4, 0.5) is 9.18 Å². The van der Waals surface area contributed by atoms with Crippen LogP contribution in [0.3, 0.4) is 0 Å². The van der Waals surface area contributed by atoms with E-state index in [1.165, 1.54) is 25.9 Å². The number of Topliss-reactive ketones (excluding diaryl/α,β-unsaturated/α-hetero) is 2. The number of esters is 2. The molecule has 0 N–H and O–H groups in total. The molecule has 63 heavy (non-hydrogen) atoms. The third kappa shape index (κ3) is 10.0. The highest BCUT2D eigenvalue weighted by atomic mass is 19.1. The Bertz CT molecular complexity index is 1950. The Morgan fingerprint density at radius 1 is 1.05 bits per heavy atom. The monoisotopic (exact) mass is 885 g/mol. The van der Waals surface area contributed by atoms with E-state index in [0.717, 1.165) is 18.2 Å². The third-order valence-corrected chi connectivity index (χ3v) is 13.9. The lowest BCUT2D eigenvalue weighted by Gasteiger charge is -2.48. The largest absolute Gasteiger partial charge is 0.457 e. The van der Waals surface area contributed by atoms with Gasteiger partial charge in [0.05, 0.1) is 47.5 Å². The number of carbonyl (C=O) groups excluding carboxylic acids is 5. The van der Waals surface area contributed by atoms with Crippen molar-refractivity contribution < 1.29 is 52.0 Å². The van der Waals surface area contributed by atoms with Crippen molar-refractivity contribution in [3.05, 3.63) is 37.1 Å². The molecule has 2 aromatic heterocycles. The van der Waals surface area contributed by atoms with Gasteiger partial charge in [-0.25, -0.2) is 19.0 Å². The summed E-state index contributed by atoms with van der Waals surface area (Å²) in [6.07, 6.45) is 4.02. The number of fused-ring (bicyclic) bond motifs is 1. The maximum absolute atomic E-state index is 17.2. The summed E-state index contributed by atoms with van der Waals surface area (Å²) in [5.74, 6) is -6.26. The minimum absolute atomic E-state index is 0.00359. The van der Waals surface area contributed by atoms with Crippen LogP contribution in [0.1, 0.15) is 94.4 Å². The first-order chi connectivity index (χ1) is 29.5. The first kappa shape index (κ1) is 49.7. The van der Waals surface area contributed by atoms with E-state index in [9.17, 15) is 24.0 Å². The molecule has 0 unspecified atom stereocenters. The Labute approximate surface area is 371 Å². The number of cyclic esters (lactones) is 1. The Morgan fingerprint density at radius 2 is 1.73 bits per heavy atom. The summed E-state index contributed by atoms with van der Waals surface area (Å²) in [4.78, 5) is 84.2. The highest BCUT2D eigenvalue weighted by molar-refractivity contribution is 6.08. The van der Waals surface area contributed by atoms with E-state index in [1.54, 1.807) is 65.3 Å². The average molecular weight is 885 g/mol. The van der Waals surface area contributed by atoms with Gasteiger partial charge in [-0.15, -0.1) is 0 Å². The fourth-order valence-corrected chi connectivity index (χ4v) is 10.2. The van der Waals surface area contributed by atoms with Crippen LogP contribution >= 0.6 is 0 Å². The van der Waals surface area contributed by atoms with E-state index >= 15 is 4.39 Å². The zero-order valence-electron chi connectivity index (χ0n) is 39.3. The molecule has 3 saturated heterocycles. The summed E-state index contributed by atoms with van der Waals surface area (Å²) in [5, 5.41) is 0. The minimum Gasteiger partial charge on any atom is -0.457 e. The molecular weight excluding hydrogens is 816 g/mol. The predicted octanol–water partition coefficient (Wildman–Crippen LogP) is 5.51. The Kier molecular flexibility index (Phi) is 15.6. The molecule has 0 aliphatic carbocycles. The zero-order valence-corrected chi connectivity index (χ0v) is 39.3. The van der Waals surface area contributed by atoms with Crippen LogP contribution in [0, 0.1) is 17.8 Å². The van der Waals surface area contributed by atoms with E-state index in [1.807, 2.05) is 48.8 Å². The lowest BCUT2D eigenvalue weighted by Crippen LogP contribution is -2.63. The van der Waals surface area contributed by atoms with Gasteiger partial charge in [0.2, 0.25) is 0 Å². The number of methoxy groups -OCH3 is 1. The van der Waals surface area contributed by atoms with Crippen molar-refractivity contribution >= 4 is 29.5 Å². The molecule has 2 amide bonds. The quantitative estimate of drug-likeness (QED) is 0.149. The number of aromatic nitrogens is 3. The summed E-state index contributed by atoms with van der Waals surface area (Å²) in [6, 6.07) is 2.26. The molecule has 350 valence electrons. The highest BCUT2D eigenvalue weighted by Crippen LogP contribution is 2.44. The lowest BCUT2D eigenvalue weighted by atomic mass is 9.72. The molecule has 3 aliphatic rings. The number of urea groups is 1. The molecule has 0 radical (unpaired) electrons. The molecule has 5 rings (SSSR count). The maximum Gasteiger partial charge on any atom is 0.351 e. The number of alkyl halides is 1. The van der Waals surface area contributed by atoms with Gasteiger partial charge < -0.3 is 43.0 Å². The van der Waals surface area contributed by atoms with E-state index in [2.05, 4.69) is 9.97 Å². The van der Waals surface area contributed by atoms with Crippen LogP contribution in [0.5, 0.6) is 0 Å². The number of pyridine rings is 1. The summed E-state index contributed by atoms with van der Waals surface area (Å²) in [7, 11) is 6.69. The molecule has 0 bridgehead atoms. The first-order valence-electron chi connectivity index (χ1n) is 22.2. The van der Waals surface area contributed by atoms with Gasteiger partial charge >= 0.3 is 18.0 Å². The smallest absolute Gasteiger partial charge is 0.351 e.